The number of amides is 2. The number of hydrogen-bond acceptors (Lipinski definition) is 4. The van der Waals surface area contributed by atoms with Gasteiger partial charge in [-0.3, -0.25) is 19.4 Å². The van der Waals surface area contributed by atoms with Crippen LogP contribution >= 0.6 is 24.0 Å². The molecule has 25 heavy (non-hydrogen) atoms. The Bertz CT molecular complexity index is 588. The summed E-state index contributed by atoms with van der Waals surface area (Å²) in [5.41, 5.74) is 1.17. The fraction of sp³-hybridized carbons (Fsp3) is 0.556. The van der Waals surface area contributed by atoms with E-state index in [2.05, 4.69) is 15.9 Å². The van der Waals surface area contributed by atoms with Crippen molar-refractivity contribution < 1.29 is 9.59 Å². The van der Waals surface area contributed by atoms with Crippen molar-refractivity contribution in [1.29, 1.82) is 0 Å². The number of rotatable bonds is 5. The highest BCUT2D eigenvalue weighted by molar-refractivity contribution is 6.30. The molecule has 7 heteroatoms. The second-order valence-corrected chi connectivity index (χ2v) is 6.89. The number of piperazine rings is 1. The molecule has 1 aromatic rings. The Kier molecular flexibility index (Phi) is 7.54. The summed E-state index contributed by atoms with van der Waals surface area (Å²) in [5.74, 6) is -0.00551. The lowest BCUT2D eigenvalue weighted by Gasteiger charge is -2.36. The lowest BCUT2D eigenvalue weighted by molar-refractivity contribution is -0.148. The number of hydrogen-bond donors (Lipinski definition) is 0. The van der Waals surface area contributed by atoms with Crippen LogP contribution in [0.25, 0.3) is 0 Å². The molecule has 138 valence electrons. The van der Waals surface area contributed by atoms with E-state index >= 15 is 0 Å². The predicted octanol–water partition coefficient (Wildman–Crippen LogP) is 2.81. The smallest absolute Gasteiger partial charge is 0.229 e. The Labute approximate surface area is 160 Å². The predicted molar refractivity (Wildman–Crippen MR) is 103 cm³/mol. The maximum Gasteiger partial charge on any atom is 0.229 e. The maximum absolute atomic E-state index is 11.8. The third-order valence-corrected chi connectivity index (χ3v) is 5.02. The standard InChI is InChI=1S/C18H24ClN3O2.ClH/c19-15-4-1-5-16(14-15)21-12-10-20(11-13-21)8-3-9-22-17(23)6-2-7-18(22)24;/h1,4-5,14H,2-3,6-13H2;1H. The molecule has 0 spiro atoms. The second-order valence-electron chi connectivity index (χ2n) is 6.45. The van der Waals surface area contributed by atoms with Gasteiger partial charge in [-0.1, -0.05) is 17.7 Å². The first kappa shape index (κ1) is 20.0. The number of carbonyl (C=O) groups is 2. The zero-order chi connectivity index (χ0) is 16.9. The van der Waals surface area contributed by atoms with Crippen LogP contribution in [-0.4, -0.2) is 60.9 Å². The number of likely N-dealkylation sites (tertiary alicyclic amines) is 1. The fourth-order valence-electron chi connectivity index (χ4n) is 3.40. The van der Waals surface area contributed by atoms with Gasteiger partial charge >= 0.3 is 0 Å². The topological polar surface area (TPSA) is 43.9 Å². The minimum atomic E-state index is -0.00275. The van der Waals surface area contributed by atoms with E-state index in [0.717, 1.165) is 44.2 Å². The van der Waals surface area contributed by atoms with E-state index in [1.165, 1.54) is 10.6 Å². The van der Waals surface area contributed by atoms with Crippen LogP contribution in [0.2, 0.25) is 5.02 Å². The van der Waals surface area contributed by atoms with Gasteiger partial charge in [-0.25, -0.2) is 0 Å². The van der Waals surface area contributed by atoms with Crippen LogP contribution in [0.1, 0.15) is 25.7 Å². The Morgan fingerprint density at radius 2 is 1.64 bits per heavy atom. The summed E-state index contributed by atoms with van der Waals surface area (Å²) < 4.78 is 0. The highest BCUT2D eigenvalue weighted by Gasteiger charge is 2.25. The molecule has 0 radical (unpaired) electrons. The van der Waals surface area contributed by atoms with E-state index in [0.29, 0.717) is 25.8 Å². The summed E-state index contributed by atoms with van der Waals surface area (Å²) in [6, 6.07) is 7.97. The zero-order valence-electron chi connectivity index (χ0n) is 14.3. The van der Waals surface area contributed by atoms with Gasteiger partial charge in [0.25, 0.3) is 0 Å². The molecule has 2 fully saturated rings. The van der Waals surface area contributed by atoms with Crippen LogP contribution in [0, 0.1) is 0 Å². The third kappa shape index (κ3) is 5.33. The first-order chi connectivity index (χ1) is 11.6. The minimum Gasteiger partial charge on any atom is -0.369 e. The van der Waals surface area contributed by atoms with E-state index in [4.69, 9.17) is 11.6 Å². The first-order valence-electron chi connectivity index (χ1n) is 8.69. The molecule has 0 saturated carbocycles. The van der Waals surface area contributed by atoms with E-state index in [-0.39, 0.29) is 24.2 Å². The van der Waals surface area contributed by atoms with E-state index < -0.39 is 0 Å². The van der Waals surface area contributed by atoms with Crippen molar-refractivity contribution in [2.75, 3.05) is 44.2 Å². The molecule has 2 amide bonds. The quantitative estimate of drug-likeness (QED) is 0.730. The van der Waals surface area contributed by atoms with Crippen molar-refractivity contribution >= 4 is 41.5 Å². The number of nitrogens with zero attached hydrogens (tertiary/aromatic N) is 3. The highest BCUT2D eigenvalue weighted by Crippen LogP contribution is 2.21. The van der Waals surface area contributed by atoms with Crippen LogP contribution in [0.4, 0.5) is 5.69 Å². The van der Waals surface area contributed by atoms with Gasteiger partial charge < -0.3 is 4.90 Å². The second kappa shape index (κ2) is 9.41. The summed E-state index contributed by atoms with van der Waals surface area (Å²) in [5, 5.41) is 0.769. The fourth-order valence-corrected chi connectivity index (χ4v) is 3.59. The molecule has 2 heterocycles. The maximum atomic E-state index is 11.8. The van der Waals surface area contributed by atoms with Crippen molar-refractivity contribution in [2.45, 2.75) is 25.7 Å². The molecular formula is C18H25Cl2N3O2. The van der Waals surface area contributed by atoms with Gasteiger partial charge in [0.1, 0.15) is 0 Å². The van der Waals surface area contributed by atoms with Gasteiger partial charge in [0.2, 0.25) is 11.8 Å². The van der Waals surface area contributed by atoms with E-state index in [1.807, 2.05) is 18.2 Å². The average Bonchev–Trinajstić information content (AvgIpc) is 2.58. The van der Waals surface area contributed by atoms with Gasteiger partial charge in [-0.2, -0.15) is 0 Å². The third-order valence-electron chi connectivity index (χ3n) is 4.79. The summed E-state index contributed by atoms with van der Waals surface area (Å²) in [4.78, 5) is 29.8. The highest BCUT2D eigenvalue weighted by atomic mass is 35.5. The van der Waals surface area contributed by atoms with Crippen LogP contribution in [0.15, 0.2) is 24.3 Å². The van der Waals surface area contributed by atoms with E-state index in [1.54, 1.807) is 0 Å². The van der Waals surface area contributed by atoms with Gasteiger partial charge in [-0.15, -0.1) is 12.4 Å². The molecule has 2 aliphatic rings. The monoisotopic (exact) mass is 385 g/mol. The molecule has 1 aromatic carbocycles. The molecule has 0 unspecified atom stereocenters. The number of benzene rings is 1. The Balaban J connectivity index is 0.00000225. The summed E-state index contributed by atoms with van der Waals surface area (Å²) in [6.07, 6.45) is 2.60. The SMILES string of the molecule is Cl.O=C1CCCC(=O)N1CCCN1CCN(c2cccc(Cl)c2)CC1. The van der Waals surface area contributed by atoms with Crippen LogP contribution in [0.5, 0.6) is 0 Å². The average molecular weight is 386 g/mol. The number of carbonyl (C=O) groups excluding carboxylic acids is 2. The molecule has 0 atom stereocenters. The molecule has 5 nitrogen and oxygen atoms in total. The molecule has 0 N–H and O–H groups in total. The Morgan fingerprint density at radius 1 is 0.960 bits per heavy atom. The van der Waals surface area contributed by atoms with Crippen molar-refractivity contribution in [1.82, 2.24) is 9.80 Å². The summed E-state index contributed by atoms with van der Waals surface area (Å²) in [7, 11) is 0. The van der Waals surface area contributed by atoms with Crippen molar-refractivity contribution in [3.8, 4) is 0 Å². The number of piperidine rings is 1. The summed E-state index contributed by atoms with van der Waals surface area (Å²) >= 11 is 6.06. The molecule has 2 aliphatic heterocycles. The van der Waals surface area contributed by atoms with Gasteiger partial charge in [-0.05, 0) is 37.6 Å². The molecule has 0 aromatic heterocycles. The molecule has 3 rings (SSSR count). The molecule has 2 saturated heterocycles. The van der Waals surface area contributed by atoms with Crippen molar-refractivity contribution in [3.63, 3.8) is 0 Å². The van der Waals surface area contributed by atoms with Crippen LogP contribution < -0.4 is 4.90 Å². The van der Waals surface area contributed by atoms with Crippen LogP contribution in [0.3, 0.4) is 0 Å². The van der Waals surface area contributed by atoms with Crippen LogP contribution in [-0.2, 0) is 9.59 Å². The zero-order valence-corrected chi connectivity index (χ0v) is 15.9. The molecule has 0 bridgehead atoms. The van der Waals surface area contributed by atoms with E-state index in [9.17, 15) is 9.59 Å². The lowest BCUT2D eigenvalue weighted by Crippen LogP contribution is -2.47. The van der Waals surface area contributed by atoms with Gasteiger partial charge in [0.15, 0.2) is 0 Å². The number of imide groups is 1. The normalized spacial score (nSPS) is 19.1. The number of anilines is 1. The summed E-state index contributed by atoms with van der Waals surface area (Å²) in [6.45, 7) is 5.43. The largest absolute Gasteiger partial charge is 0.369 e. The van der Waals surface area contributed by atoms with Gasteiger partial charge in [0.05, 0.1) is 0 Å². The number of halogens is 2. The Hall–Kier alpha value is -1.30. The van der Waals surface area contributed by atoms with Crippen molar-refractivity contribution in [2.24, 2.45) is 0 Å². The lowest BCUT2D eigenvalue weighted by atomic mass is 10.1. The first-order valence-corrected chi connectivity index (χ1v) is 9.07. The van der Waals surface area contributed by atoms with Crippen molar-refractivity contribution in [3.05, 3.63) is 29.3 Å². The molecular weight excluding hydrogens is 361 g/mol. The Morgan fingerprint density at radius 3 is 2.28 bits per heavy atom. The minimum absolute atomic E-state index is 0. The molecule has 0 aliphatic carbocycles. The van der Waals surface area contributed by atoms with Gasteiger partial charge in [0, 0.05) is 56.3 Å².